The molecule has 1 amide bonds. The van der Waals surface area contributed by atoms with E-state index in [4.69, 9.17) is 5.73 Å². The summed E-state index contributed by atoms with van der Waals surface area (Å²) in [6.07, 6.45) is 1.33. The molecule has 1 aromatic carbocycles. The Morgan fingerprint density at radius 3 is 2.00 bits per heavy atom. The molecule has 0 fully saturated rings. The molecule has 1 rings (SSSR count). The van der Waals surface area contributed by atoms with Crippen molar-refractivity contribution in [2.45, 2.75) is 33.6 Å². The highest BCUT2D eigenvalue weighted by Gasteiger charge is 2.33. The maximum Gasteiger partial charge on any atom is 0.232 e. The van der Waals surface area contributed by atoms with Gasteiger partial charge in [-0.05, 0) is 44.0 Å². The lowest BCUT2D eigenvalue weighted by Gasteiger charge is -2.28. The molecule has 124 valence electrons. The summed E-state index contributed by atoms with van der Waals surface area (Å²) in [5.41, 5.74) is 6.27. The van der Waals surface area contributed by atoms with E-state index in [1.54, 1.807) is 31.2 Å². The average Bonchev–Trinajstić information content (AvgIpc) is 2.51. The van der Waals surface area contributed by atoms with Crippen molar-refractivity contribution in [3.05, 3.63) is 24.3 Å². The van der Waals surface area contributed by atoms with Crippen molar-refractivity contribution in [1.82, 2.24) is 0 Å². The minimum absolute atomic E-state index is 0.0114. The molecule has 0 spiro atoms. The van der Waals surface area contributed by atoms with Gasteiger partial charge in [-0.25, -0.2) is 8.42 Å². The second kappa shape index (κ2) is 7.60. The van der Waals surface area contributed by atoms with Gasteiger partial charge in [-0.3, -0.25) is 9.52 Å². The Labute approximate surface area is 132 Å². The summed E-state index contributed by atoms with van der Waals surface area (Å²) in [7, 11) is -3.30. The van der Waals surface area contributed by atoms with E-state index < -0.39 is 15.4 Å². The highest BCUT2D eigenvalue weighted by molar-refractivity contribution is 7.92. The Hall–Kier alpha value is -1.60. The summed E-state index contributed by atoms with van der Waals surface area (Å²) >= 11 is 0. The Morgan fingerprint density at radius 2 is 1.59 bits per heavy atom. The molecule has 0 heterocycles. The van der Waals surface area contributed by atoms with E-state index in [0.29, 0.717) is 30.8 Å². The van der Waals surface area contributed by atoms with Crippen LogP contribution in [0.5, 0.6) is 0 Å². The Kier molecular flexibility index (Phi) is 6.37. The number of rotatable bonds is 8. The summed E-state index contributed by atoms with van der Waals surface area (Å²) in [6, 6.07) is 6.56. The summed E-state index contributed by atoms with van der Waals surface area (Å²) in [4.78, 5) is 12.4. The van der Waals surface area contributed by atoms with Crippen molar-refractivity contribution < 1.29 is 13.2 Å². The lowest BCUT2D eigenvalue weighted by atomic mass is 9.81. The van der Waals surface area contributed by atoms with Crippen LogP contribution in [0.1, 0.15) is 33.6 Å². The van der Waals surface area contributed by atoms with Crippen molar-refractivity contribution in [2.75, 3.05) is 22.3 Å². The van der Waals surface area contributed by atoms with Gasteiger partial charge in [-0.2, -0.15) is 0 Å². The third-order valence-corrected chi connectivity index (χ3v) is 5.33. The van der Waals surface area contributed by atoms with E-state index in [-0.39, 0.29) is 11.7 Å². The van der Waals surface area contributed by atoms with E-state index in [0.717, 1.165) is 0 Å². The zero-order valence-electron chi connectivity index (χ0n) is 13.3. The molecule has 22 heavy (non-hydrogen) atoms. The molecular formula is C15H25N3O3S. The van der Waals surface area contributed by atoms with Gasteiger partial charge in [-0.1, -0.05) is 13.8 Å². The van der Waals surface area contributed by atoms with Gasteiger partial charge in [0.1, 0.15) is 0 Å². The number of nitrogens with one attached hydrogen (secondary N) is 2. The van der Waals surface area contributed by atoms with Crippen LogP contribution in [0, 0.1) is 5.41 Å². The lowest BCUT2D eigenvalue weighted by Crippen LogP contribution is -2.41. The first kappa shape index (κ1) is 18.4. The number of anilines is 2. The SMILES string of the molecule is CCC(CC)(CN)C(=O)Nc1ccc(NS(=O)(=O)CC)cc1. The fraction of sp³-hybridized carbons (Fsp3) is 0.533. The highest BCUT2D eigenvalue weighted by atomic mass is 32.2. The normalized spacial score (nSPS) is 12.0. The first-order valence-corrected chi connectivity index (χ1v) is 9.09. The van der Waals surface area contributed by atoms with Gasteiger partial charge in [0.25, 0.3) is 0 Å². The number of carbonyl (C=O) groups is 1. The first-order valence-electron chi connectivity index (χ1n) is 7.44. The number of benzene rings is 1. The van der Waals surface area contributed by atoms with Crippen LogP contribution >= 0.6 is 0 Å². The standard InChI is InChI=1S/C15H25N3O3S/c1-4-15(5-2,11-16)14(19)17-12-7-9-13(10-8-12)18-22(20,21)6-3/h7-10,18H,4-6,11,16H2,1-3H3,(H,17,19). The quantitative estimate of drug-likeness (QED) is 0.681. The number of carbonyl (C=O) groups excluding carboxylic acids is 1. The van der Waals surface area contributed by atoms with Gasteiger partial charge in [-0.15, -0.1) is 0 Å². The van der Waals surface area contributed by atoms with Crippen LogP contribution in [0.25, 0.3) is 0 Å². The molecule has 0 saturated carbocycles. The third kappa shape index (κ3) is 4.45. The largest absolute Gasteiger partial charge is 0.329 e. The number of amides is 1. The lowest BCUT2D eigenvalue weighted by molar-refractivity contribution is -0.125. The van der Waals surface area contributed by atoms with Crippen LogP contribution in [0.4, 0.5) is 11.4 Å². The van der Waals surface area contributed by atoms with Gasteiger partial charge in [0, 0.05) is 17.9 Å². The number of hydrogen-bond donors (Lipinski definition) is 3. The smallest absolute Gasteiger partial charge is 0.232 e. The first-order chi connectivity index (χ1) is 10.3. The van der Waals surface area contributed by atoms with E-state index in [2.05, 4.69) is 10.0 Å². The van der Waals surface area contributed by atoms with Crippen molar-refractivity contribution in [3.63, 3.8) is 0 Å². The van der Waals surface area contributed by atoms with Crippen LogP contribution in [0.15, 0.2) is 24.3 Å². The van der Waals surface area contributed by atoms with Gasteiger partial charge in [0.15, 0.2) is 0 Å². The number of nitrogens with two attached hydrogens (primary N) is 1. The fourth-order valence-corrected chi connectivity index (χ4v) is 2.73. The van der Waals surface area contributed by atoms with Gasteiger partial charge < -0.3 is 11.1 Å². The van der Waals surface area contributed by atoms with Crippen molar-refractivity contribution in [3.8, 4) is 0 Å². The van der Waals surface area contributed by atoms with Crippen molar-refractivity contribution in [2.24, 2.45) is 11.1 Å². The van der Waals surface area contributed by atoms with Crippen molar-refractivity contribution in [1.29, 1.82) is 0 Å². The molecule has 0 radical (unpaired) electrons. The maximum absolute atomic E-state index is 12.4. The van der Waals surface area contributed by atoms with E-state index in [1.807, 2.05) is 13.8 Å². The molecule has 0 aromatic heterocycles. The highest BCUT2D eigenvalue weighted by Crippen LogP contribution is 2.27. The fourth-order valence-electron chi connectivity index (χ4n) is 2.09. The van der Waals surface area contributed by atoms with Crippen LogP contribution in [0.3, 0.4) is 0 Å². The Bertz CT molecular complexity index is 585. The molecule has 7 heteroatoms. The van der Waals surface area contributed by atoms with Crippen LogP contribution in [-0.2, 0) is 14.8 Å². The number of hydrogen-bond acceptors (Lipinski definition) is 4. The minimum Gasteiger partial charge on any atom is -0.329 e. The molecule has 0 aliphatic carbocycles. The second-order valence-electron chi connectivity index (χ2n) is 5.23. The molecule has 0 aliphatic rings. The molecule has 0 unspecified atom stereocenters. The molecule has 0 atom stereocenters. The van der Waals surface area contributed by atoms with E-state index in [9.17, 15) is 13.2 Å². The molecule has 1 aromatic rings. The van der Waals surface area contributed by atoms with Crippen LogP contribution in [-0.4, -0.2) is 26.6 Å². The molecule has 6 nitrogen and oxygen atoms in total. The zero-order chi connectivity index (χ0) is 16.8. The molecule has 0 bridgehead atoms. The number of sulfonamides is 1. The van der Waals surface area contributed by atoms with Crippen molar-refractivity contribution >= 4 is 27.3 Å². The van der Waals surface area contributed by atoms with E-state index in [1.165, 1.54) is 0 Å². The zero-order valence-corrected chi connectivity index (χ0v) is 14.2. The van der Waals surface area contributed by atoms with Gasteiger partial charge >= 0.3 is 0 Å². The third-order valence-electron chi connectivity index (χ3n) is 4.02. The summed E-state index contributed by atoms with van der Waals surface area (Å²) in [5.74, 6) is -0.0979. The second-order valence-corrected chi connectivity index (χ2v) is 7.24. The summed E-state index contributed by atoms with van der Waals surface area (Å²) in [5, 5.41) is 2.84. The average molecular weight is 327 g/mol. The molecule has 4 N–H and O–H groups in total. The van der Waals surface area contributed by atoms with Crippen LogP contribution < -0.4 is 15.8 Å². The Morgan fingerprint density at radius 1 is 1.09 bits per heavy atom. The molecular weight excluding hydrogens is 302 g/mol. The maximum atomic E-state index is 12.4. The minimum atomic E-state index is -3.30. The topological polar surface area (TPSA) is 101 Å². The monoisotopic (exact) mass is 327 g/mol. The van der Waals surface area contributed by atoms with Gasteiger partial charge in [0.05, 0.1) is 11.2 Å². The van der Waals surface area contributed by atoms with Crippen LogP contribution in [0.2, 0.25) is 0 Å². The van der Waals surface area contributed by atoms with Gasteiger partial charge in [0.2, 0.25) is 15.9 Å². The summed E-state index contributed by atoms with van der Waals surface area (Å²) in [6.45, 7) is 5.75. The molecule has 0 aliphatic heterocycles. The predicted octanol–water partition coefficient (Wildman–Crippen LogP) is 2.15. The molecule has 0 saturated heterocycles. The Balaban J connectivity index is 2.82. The predicted molar refractivity (Wildman–Crippen MR) is 90.2 cm³/mol. The van der Waals surface area contributed by atoms with E-state index >= 15 is 0 Å². The summed E-state index contributed by atoms with van der Waals surface area (Å²) < 4.78 is 25.4.